The second-order valence-electron chi connectivity index (χ2n) is 4.65. The zero-order valence-electron chi connectivity index (χ0n) is 11.5. The van der Waals surface area contributed by atoms with Gasteiger partial charge in [-0.15, -0.1) is 0 Å². The van der Waals surface area contributed by atoms with Crippen LogP contribution in [0.25, 0.3) is 0 Å². The second kappa shape index (κ2) is 12.3. The van der Waals surface area contributed by atoms with Crippen LogP contribution in [0.5, 0.6) is 0 Å². The van der Waals surface area contributed by atoms with Crippen molar-refractivity contribution in [2.24, 2.45) is 0 Å². The Labute approximate surface area is 105 Å². The highest BCUT2D eigenvalue weighted by Crippen LogP contribution is 2.14. The molecular formula is C13H30O4. The van der Waals surface area contributed by atoms with Gasteiger partial charge in [-0.2, -0.15) is 0 Å². The Balaban J connectivity index is 0. The minimum atomic E-state index is -0.649. The van der Waals surface area contributed by atoms with Crippen LogP contribution in [0, 0.1) is 0 Å². The average molecular weight is 250 g/mol. The molecule has 4 N–H and O–H groups in total. The lowest BCUT2D eigenvalue weighted by Crippen LogP contribution is -2.24. The van der Waals surface area contributed by atoms with Crippen LogP contribution in [0.15, 0.2) is 0 Å². The highest BCUT2D eigenvalue weighted by Gasteiger charge is 2.16. The SMILES string of the molecule is CCC(O)CCCO.CCCC(C)(O)CCO. The molecule has 2 atom stereocenters. The van der Waals surface area contributed by atoms with Gasteiger partial charge in [0.05, 0.1) is 11.7 Å². The van der Waals surface area contributed by atoms with Crippen molar-refractivity contribution in [1.29, 1.82) is 0 Å². The molecule has 0 saturated heterocycles. The van der Waals surface area contributed by atoms with Crippen molar-refractivity contribution < 1.29 is 20.4 Å². The van der Waals surface area contributed by atoms with Gasteiger partial charge >= 0.3 is 0 Å². The fraction of sp³-hybridized carbons (Fsp3) is 1.00. The van der Waals surface area contributed by atoms with Gasteiger partial charge in [0.25, 0.3) is 0 Å². The summed E-state index contributed by atoms with van der Waals surface area (Å²) in [5.41, 5.74) is -0.649. The van der Waals surface area contributed by atoms with Gasteiger partial charge < -0.3 is 20.4 Å². The molecule has 0 amide bonds. The van der Waals surface area contributed by atoms with Gasteiger partial charge in [0.2, 0.25) is 0 Å². The van der Waals surface area contributed by atoms with E-state index in [0.29, 0.717) is 6.42 Å². The molecule has 4 heteroatoms. The summed E-state index contributed by atoms with van der Waals surface area (Å²) < 4.78 is 0. The van der Waals surface area contributed by atoms with E-state index in [9.17, 15) is 5.11 Å². The molecule has 106 valence electrons. The second-order valence-corrected chi connectivity index (χ2v) is 4.65. The summed E-state index contributed by atoms with van der Waals surface area (Å²) in [6, 6.07) is 0. The van der Waals surface area contributed by atoms with E-state index in [0.717, 1.165) is 32.1 Å². The molecule has 0 aliphatic carbocycles. The third-order valence-corrected chi connectivity index (χ3v) is 2.61. The van der Waals surface area contributed by atoms with E-state index < -0.39 is 5.60 Å². The predicted molar refractivity (Wildman–Crippen MR) is 69.9 cm³/mol. The van der Waals surface area contributed by atoms with Gasteiger partial charge in [0, 0.05) is 13.2 Å². The predicted octanol–water partition coefficient (Wildman–Crippen LogP) is 1.45. The lowest BCUT2D eigenvalue weighted by atomic mass is 9.97. The van der Waals surface area contributed by atoms with Gasteiger partial charge in [-0.05, 0) is 39.0 Å². The standard InChI is InChI=1S/C7H16O2.C6H14O2/c1-3-4-7(2,9)5-6-8;1-2-6(8)4-3-5-7/h8-9H,3-6H2,1-2H3;6-8H,2-5H2,1H3. The molecule has 0 aliphatic rings. The number of aliphatic hydroxyl groups excluding tert-OH is 3. The zero-order valence-corrected chi connectivity index (χ0v) is 11.5. The lowest BCUT2D eigenvalue weighted by Gasteiger charge is -2.20. The fourth-order valence-electron chi connectivity index (χ4n) is 1.44. The molecule has 0 aromatic rings. The molecule has 0 aliphatic heterocycles. The van der Waals surface area contributed by atoms with Crippen molar-refractivity contribution in [3.8, 4) is 0 Å². The first-order chi connectivity index (χ1) is 7.93. The maximum Gasteiger partial charge on any atom is 0.0641 e. The third-order valence-electron chi connectivity index (χ3n) is 2.61. The molecule has 4 nitrogen and oxygen atoms in total. The molecule has 0 saturated carbocycles. The summed E-state index contributed by atoms with van der Waals surface area (Å²) in [7, 11) is 0. The first-order valence-electron chi connectivity index (χ1n) is 6.55. The number of hydrogen-bond acceptors (Lipinski definition) is 4. The Bertz CT molecular complexity index is 140. The molecule has 0 rings (SSSR count). The van der Waals surface area contributed by atoms with E-state index in [1.54, 1.807) is 6.92 Å². The van der Waals surface area contributed by atoms with Gasteiger partial charge in [-0.3, -0.25) is 0 Å². The van der Waals surface area contributed by atoms with E-state index in [-0.39, 0.29) is 19.3 Å². The van der Waals surface area contributed by atoms with Crippen molar-refractivity contribution in [2.75, 3.05) is 13.2 Å². The molecule has 0 bridgehead atoms. The topological polar surface area (TPSA) is 80.9 Å². The maximum absolute atomic E-state index is 9.35. The van der Waals surface area contributed by atoms with Crippen molar-refractivity contribution in [1.82, 2.24) is 0 Å². The molecular weight excluding hydrogens is 220 g/mol. The van der Waals surface area contributed by atoms with E-state index >= 15 is 0 Å². The van der Waals surface area contributed by atoms with Crippen LogP contribution in [0.2, 0.25) is 0 Å². The third kappa shape index (κ3) is 15.8. The summed E-state index contributed by atoms with van der Waals surface area (Å²) in [6.07, 6.45) is 4.26. The summed E-state index contributed by atoms with van der Waals surface area (Å²) >= 11 is 0. The lowest BCUT2D eigenvalue weighted by molar-refractivity contribution is 0.0249. The molecule has 0 fully saturated rings. The molecule has 0 aromatic heterocycles. The average Bonchev–Trinajstić information content (AvgIpc) is 2.26. The van der Waals surface area contributed by atoms with Crippen molar-refractivity contribution >= 4 is 0 Å². The summed E-state index contributed by atoms with van der Waals surface area (Å²) in [4.78, 5) is 0. The number of hydrogen-bond donors (Lipinski definition) is 4. The van der Waals surface area contributed by atoms with E-state index in [4.69, 9.17) is 15.3 Å². The Hall–Kier alpha value is -0.160. The van der Waals surface area contributed by atoms with Crippen LogP contribution < -0.4 is 0 Å². The Morgan fingerprint density at radius 2 is 1.65 bits per heavy atom. The molecule has 17 heavy (non-hydrogen) atoms. The first kappa shape index (κ1) is 19.2. The number of aliphatic hydroxyl groups is 4. The van der Waals surface area contributed by atoms with Crippen LogP contribution in [0.3, 0.4) is 0 Å². The Kier molecular flexibility index (Phi) is 13.9. The first-order valence-corrected chi connectivity index (χ1v) is 6.55. The Morgan fingerprint density at radius 3 is 2.00 bits per heavy atom. The van der Waals surface area contributed by atoms with Crippen LogP contribution in [-0.4, -0.2) is 45.3 Å². The highest BCUT2D eigenvalue weighted by molar-refractivity contribution is 4.70. The van der Waals surface area contributed by atoms with Crippen LogP contribution in [0.4, 0.5) is 0 Å². The van der Waals surface area contributed by atoms with Crippen molar-refractivity contribution in [2.45, 2.75) is 71.0 Å². The normalized spacial score (nSPS) is 15.7. The van der Waals surface area contributed by atoms with Crippen LogP contribution in [0.1, 0.15) is 59.3 Å². The van der Waals surface area contributed by atoms with E-state index in [1.807, 2.05) is 13.8 Å². The maximum atomic E-state index is 9.35. The summed E-state index contributed by atoms with van der Waals surface area (Å²) in [6.45, 7) is 5.98. The zero-order chi connectivity index (χ0) is 13.7. The molecule has 0 radical (unpaired) electrons. The monoisotopic (exact) mass is 250 g/mol. The molecule has 2 unspecified atom stereocenters. The minimum absolute atomic E-state index is 0.0764. The molecule has 0 aromatic carbocycles. The van der Waals surface area contributed by atoms with Crippen LogP contribution >= 0.6 is 0 Å². The largest absolute Gasteiger partial charge is 0.396 e. The van der Waals surface area contributed by atoms with Gasteiger partial charge in [0.1, 0.15) is 0 Å². The smallest absolute Gasteiger partial charge is 0.0641 e. The molecule has 0 heterocycles. The minimum Gasteiger partial charge on any atom is -0.396 e. The van der Waals surface area contributed by atoms with Gasteiger partial charge in [-0.25, -0.2) is 0 Å². The van der Waals surface area contributed by atoms with Crippen molar-refractivity contribution in [3.63, 3.8) is 0 Å². The van der Waals surface area contributed by atoms with Gasteiger partial charge in [0.15, 0.2) is 0 Å². The highest BCUT2D eigenvalue weighted by atomic mass is 16.3. The van der Waals surface area contributed by atoms with E-state index in [2.05, 4.69) is 0 Å². The fourth-order valence-corrected chi connectivity index (χ4v) is 1.44. The number of rotatable bonds is 8. The van der Waals surface area contributed by atoms with E-state index in [1.165, 1.54) is 0 Å². The quantitative estimate of drug-likeness (QED) is 0.525. The van der Waals surface area contributed by atoms with Crippen LogP contribution in [-0.2, 0) is 0 Å². The van der Waals surface area contributed by atoms with Gasteiger partial charge in [-0.1, -0.05) is 20.3 Å². The summed E-state index contributed by atoms with van der Waals surface area (Å²) in [5, 5.41) is 35.0. The summed E-state index contributed by atoms with van der Waals surface area (Å²) in [5.74, 6) is 0. The Morgan fingerprint density at radius 1 is 1.06 bits per heavy atom. The van der Waals surface area contributed by atoms with Crippen molar-refractivity contribution in [3.05, 3.63) is 0 Å². The molecule has 0 spiro atoms.